The Morgan fingerprint density at radius 3 is 2.88 bits per heavy atom. The molecule has 1 atom stereocenters. The third-order valence-electron chi connectivity index (χ3n) is 5.10. The van der Waals surface area contributed by atoms with Crippen LogP contribution in [0.2, 0.25) is 0 Å². The molecule has 2 fully saturated rings. The maximum absolute atomic E-state index is 12.3. The van der Waals surface area contributed by atoms with Gasteiger partial charge in [0.15, 0.2) is 0 Å². The summed E-state index contributed by atoms with van der Waals surface area (Å²) in [5.74, 6) is 1.37. The van der Waals surface area contributed by atoms with Crippen LogP contribution in [0.4, 0.5) is 0 Å². The predicted octanol–water partition coefficient (Wildman–Crippen LogP) is 2.27. The molecule has 3 rings (SSSR count). The highest BCUT2D eigenvalue weighted by Crippen LogP contribution is 2.30. The maximum atomic E-state index is 12.3. The van der Waals surface area contributed by atoms with Crippen LogP contribution in [0.1, 0.15) is 55.6 Å². The van der Waals surface area contributed by atoms with E-state index in [0.29, 0.717) is 24.2 Å². The topological polar surface area (TPSA) is 48.5 Å². The third-order valence-corrected chi connectivity index (χ3v) is 6.12. The smallest absolute Gasteiger partial charge is 0.223 e. The van der Waals surface area contributed by atoms with Gasteiger partial charge in [0.1, 0.15) is 0 Å². The highest BCUT2D eigenvalue weighted by molar-refractivity contribution is 7.09. The third kappa shape index (κ3) is 4.55. The molecule has 0 aliphatic carbocycles. The number of hydrogen-bond acceptors (Lipinski definition) is 5. The van der Waals surface area contributed by atoms with Crippen molar-refractivity contribution in [2.24, 2.45) is 0 Å². The van der Waals surface area contributed by atoms with E-state index < -0.39 is 0 Å². The second-order valence-corrected chi connectivity index (χ2v) is 8.18. The van der Waals surface area contributed by atoms with Gasteiger partial charge in [0, 0.05) is 57.0 Å². The van der Waals surface area contributed by atoms with Crippen molar-refractivity contribution in [1.29, 1.82) is 0 Å². The van der Waals surface area contributed by atoms with Gasteiger partial charge in [-0.15, -0.1) is 11.3 Å². The van der Waals surface area contributed by atoms with Crippen LogP contribution < -0.4 is 5.32 Å². The van der Waals surface area contributed by atoms with Crippen LogP contribution in [0, 0.1) is 0 Å². The molecule has 0 radical (unpaired) electrons. The summed E-state index contributed by atoms with van der Waals surface area (Å²) in [6.07, 6.45) is 3.10. The first-order valence-electron chi connectivity index (χ1n) is 9.29. The summed E-state index contributed by atoms with van der Waals surface area (Å²) in [7, 11) is 0. The molecule has 0 aromatic carbocycles. The van der Waals surface area contributed by atoms with E-state index in [1.54, 1.807) is 0 Å². The van der Waals surface area contributed by atoms with Gasteiger partial charge in [-0.3, -0.25) is 4.79 Å². The largest absolute Gasteiger partial charge is 0.340 e. The number of hydrogen-bond donors (Lipinski definition) is 1. The average Bonchev–Trinajstić information content (AvgIpc) is 3.11. The monoisotopic (exact) mass is 350 g/mol. The fourth-order valence-corrected chi connectivity index (χ4v) is 4.65. The molecule has 1 aromatic rings. The number of rotatable bonds is 5. The number of nitrogens with zero attached hydrogens (tertiary/aromatic N) is 3. The quantitative estimate of drug-likeness (QED) is 0.885. The van der Waals surface area contributed by atoms with Gasteiger partial charge in [-0.1, -0.05) is 13.8 Å². The molecule has 2 saturated heterocycles. The lowest BCUT2D eigenvalue weighted by Gasteiger charge is -2.33. The van der Waals surface area contributed by atoms with E-state index in [-0.39, 0.29) is 0 Å². The van der Waals surface area contributed by atoms with E-state index in [9.17, 15) is 4.79 Å². The number of aromatic nitrogens is 1. The number of piperazine rings is 1. The molecule has 2 aliphatic rings. The van der Waals surface area contributed by atoms with Crippen LogP contribution in [-0.4, -0.2) is 66.5 Å². The van der Waals surface area contributed by atoms with Crippen LogP contribution in [0.5, 0.6) is 0 Å². The van der Waals surface area contributed by atoms with Crippen LogP contribution >= 0.6 is 11.3 Å². The van der Waals surface area contributed by atoms with Crippen LogP contribution in [-0.2, 0) is 4.79 Å². The first kappa shape index (κ1) is 17.8. The first-order chi connectivity index (χ1) is 11.6. The number of carbonyl (C=O) groups is 1. The van der Waals surface area contributed by atoms with E-state index in [1.165, 1.54) is 23.5 Å². The van der Waals surface area contributed by atoms with Crippen molar-refractivity contribution in [3.63, 3.8) is 0 Å². The normalized spacial score (nSPS) is 23.0. The molecule has 24 heavy (non-hydrogen) atoms. The Kier molecular flexibility index (Phi) is 6.25. The molecule has 1 N–H and O–H groups in total. The Morgan fingerprint density at radius 1 is 1.38 bits per heavy atom. The summed E-state index contributed by atoms with van der Waals surface area (Å²) in [6, 6.07) is 0. The van der Waals surface area contributed by atoms with E-state index >= 15 is 0 Å². The van der Waals surface area contributed by atoms with Gasteiger partial charge in [-0.05, 0) is 25.3 Å². The first-order valence-corrected chi connectivity index (χ1v) is 10.2. The van der Waals surface area contributed by atoms with E-state index in [2.05, 4.69) is 29.4 Å². The van der Waals surface area contributed by atoms with Gasteiger partial charge in [0.05, 0.1) is 10.7 Å². The molecular formula is C18H30N4OS. The minimum Gasteiger partial charge on any atom is -0.340 e. The molecule has 1 amide bonds. The fraction of sp³-hybridized carbons (Fsp3) is 0.778. The maximum Gasteiger partial charge on any atom is 0.223 e. The van der Waals surface area contributed by atoms with Crippen molar-refractivity contribution in [3.8, 4) is 0 Å². The molecule has 0 saturated carbocycles. The van der Waals surface area contributed by atoms with Crippen LogP contribution in [0.3, 0.4) is 0 Å². The standard InChI is InChI=1S/C18H30N4OS/c1-14(2)16-13-24-18(20-16)15-4-3-8-21(12-15)9-5-17(23)22-10-6-19-7-11-22/h13-15,19H,3-12H2,1-2H3. The van der Waals surface area contributed by atoms with Gasteiger partial charge in [-0.25, -0.2) is 4.98 Å². The molecule has 1 aromatic heterocycles. The van der Waals surface area contributed by atoms with E-state index in [0.717, 1.165) is 45.8 Å². The number of carbonyl (C=O) groups excluding carboxylic acids is 1. The van der Waals surface area contributed by atoms with Gasteiger partial charge in [0.2, 0.25) is 5.91 Å². The molecule has 0 spiro atoms. The minimum atomic E-state index is 0.315. The molecule has 3 heterocycles. The number of piperidine rings is 1. The van der Waals surface area contributed by atoms with Crippen molar-refractivity contribution in [1.82, 2.24) is 20.1 Å². The molecule has 0 bridgehead atoms. The van der Waals surface area contributed by atoms with Crippen LogP contribution in [0.25, 0.3) is 0 Å². The fourth-order valence-electron chi connectivity index (χ4n) is 3.54. The Morgan fingerprint density at radius 2 is 2.17 bits per heavy atom. The van der Waals surface area contributed by atoms with Gasteiger partial charge in [-0.2, -0.15) is 0 Å². The van der Waals surface area contributed by atoms with Gasteiger partial charge < -0.3 is 15.1 Å². The summed E-state index contributed by atoms with van der Waals surface area (Å²) in [5, 5.41) is 6.80. The summed E-state index contributed by atoms with van der Waals surface area (Å²) < 4.78 is 0. The highest BCUT2D eigenvalue weighted by atomic mass is 32.1. The summed E-state index contributed by atoms with van der Waals surface area (Å²) in [4.78, 5) is 21.6. The second-order valence-electron chi connectivity index (χ2n) is 7.29. The van der Waals surface area contributed by atoms with Crippen molar-refractivity contribution in [2.45, 2.75) is 44.9 Å². The average molecular weight is 351 g/mol. The summed E-state index contributed by atoms with van der Waals surface area (Å²) >= 11 is 1.81. The SMILES string of the molecule is CC(C)c1csc(C2CCCN(CCC(=O)N3CCNCC3)C2)n1. The summed E-state index contributed by atoms with van der Waals surface area (Å²) in [5.41, 5.74) is 1.22. The zero-order chi connectivity index (χ0) is 16.9. The zero-order valence-electron chi connectivity index (χ0n) is 15.0. The van der Waals surface area contributed by atoms with Crippen molar-refractivity contribution in [2.75, 3.05) is 45.8 Å². The highest BCUT2D eigenvalue weighted by Gasteiger charge is 2.25. The predicted molar refractivity (Wildman–Crippen MR) is 98.7 cm³/mol. The van der Waals surface area contributed by atoms with Gasteiger partial charge >= 0.3 is 0 Å². The molecular weight excluding hydrogens is 320 g/mol. The lowest BCUT2D eigenvalue weighted by atomic mass is 9.98. The Labute approximate surface area is 149 Å². The molecule has 2 aliphatic heterocycles. The summed E-state index contributed by atoms with van der Waals surface area (Å²) in [6.45, 7) is 11.0. The molecule has 1 unspecified atom stereocenters. The zero-order valence-corrected chi connectivity index (χ0v) is 15.8. The molecule has 134 valence electrons. The van der Waals surface area contributed by atoms with Crippen molar-refractivity contribution in [3.05, 3.63) is 16.1 Å². The molecule has 5 nitrogen and oxygen atoms in total. The molecule has 6 heteroatoms. The van der Waals surface area contributed by atoms with E-state index in [1.807, 2.05) is 16.2 Å². The minimum absolute atomic E-state index is 0.315. The van der Waals surface area contributed by atoms with Crippen LogP contribution in [0.15, 0.2) is 5.38 Å². The Hall–Kier alpha value is -0.980. The van der Waals surface area contributed by atoms with Crippen molar-refractivity contribution < 1.29 is 4.79 Å². The number of nitrogens with one attached hydrogen (secondary N) is 1. The number of amides is 1. The second kappa shape index (κ2) is 8.41. The van der Waals surface area contributed by atoms with E-state index in [4.69, 9.17) is 4.98 Å². The Bertz CT molecular complexity index is 539. The lowest BCUT2D eigenvalue weighted by molar-refractivity contribution is -0.132. The lowest BCUT2D eigenvalue weighted by Crippen LogP contribution is -2.47. The number of thiazole rings is 1. The van der Waals surface area contributed by atoms with Crippen molar-refractivity contribution >= 4 is 17.2 Å². The van der Waals surface area contributed by atoms with Gasteiger partial charge in [0.25, 0.3) is 0 Å². The Balaban J connectivity index is 1.48. The number of likely N-dealkylation sites (tertiary alicyclic amines) is 1.